The highest BCUT2D eigenvalue weighted by molar-refractivity contribution is 5.95. The van der Waals surface area contributed by atoms with Crippen LogP contribution in [0.2, 0.25) is 0 Å². The lowest BCUT2D eigenvalue weighted by Gasteiger charge is -2.11. The highest BCUT2D eigenvalue weighted by atomic mass is 16.5. The standard InChI is InChI=1S/C22H21NO4/c1-3-27-22(25)18(12-16-8-10-20(26-2)11-9-16)14-23-19(15-24)13-17-6-4-5-7-21(17)23/h4-13,15H,3,14H2,1-2H3/b18-12+. The van der Waals surface area contributed by atoms with Crippen LogP contribution in [0.5, 0.6) is 5.75 Å². The third-order valence-corrected chi connectivity index (χ3v) is 4.29. The van der Waals surface area contributed by atoms with Crippen LogP contribution < -0.4 is 4.74 Å². The number of para-hydroxylation sites is 1. The molecule has 0 saturated heterocycles. The number of esters is 1. The van der Waals surface area contributed by atoms with Crippen LogP contribution in [0.1, 0.15) is 23.0 Å². The van der Waals surface area contributed by atoms with Crippen molar-refractivity contribution in [3.8, 4) is 5.75 Å². The van der Waals surface area contributed by atoms with Crippen molar-refractivity contribution >= 4 is 29.2 Å². The van der Waals surface area contributed by atoms with Crippen molar-refractivity contribution in [3.05, 3.63) is 71.4 Å². The molecule has 5 nitrogen and oxygen atoms in total. The predicted octanol–water partition coefficient (Wildman–Crippen LogP) is 4.11. The van der Waals surface area contributed by atoms with Gasteiger partial charge in [0.15, 0.2) is 6.29 Å². The van der Waals surface area contributed by atoms with Gasteiger partial charge in [0.1, 0.15) is 5.75 Å². The van der Waals surface area contributed by atoms with Gasteiger partial charge in [0, 0.05) is 10.9 Å². The second kappa shape index (κ2) is 8.36. The maximum absolute atomic E-state index is 12.5. The predicted molar refractivity (Wildman–Crippen MR) is 105 cm³/mol. The third kappa shape index (κ3) is 4.08. The van der Waals surface area contributed by atoms with Crippen molar-refractivity contribution in [3.63, 3.8) is 0 Å². The fraction of sp³-hybridized carbons (Fsp3) is 0.182. The SMILES string of the molecule is CCOC(=O)/C(=C/c1ccc(OC)cc1)Cn1c(C=O)cc2ccccc21. The first-order valence-electron chi connectivity index (χ1n) is 8.71. The van der Waals surface area contributed by atoms with E-state index >= 15 is 0 Å². The Hall–Kier alpha value is -3.34. The monoisotopic (exact) mass is 363 g/mol. The summed E-state index contributed by atoms with van der Waals surface area (Å²) >= 11 is 0. The summed E-state index contributed by atoms with van der Waals surface area (Å²) in [5.74, 6) is 0.340. The van der Waals surface area contributed by atoms with Crippen LogP contribution >= 0.6 is 0 Å². The molecule has 0 saturated carbocycles. The van der Waals surface area contributed by atoms with Gasteiger partial charge in [0.05, 0.1) is 31.5 Å². The number of ether oxygens (including phenoxy) is 2. The lowest BCUT2D eigenvalue weighted by molar-refractivity contribution is -0.138. The Balaban J connectivity index is 2.03. The Morgan fingerprint density at radius 2 is 1.85 bits per heavy atom. The molecule has 0 aliphatic carbocycles. The number of aldehydes is 1. The number of methoxy groups -OCH3 is 1. The van der Waals surface area contributed by atoms with E-state index in [0.717, 1.165) is 28.5 Å². The molecular weight excluding hydrogens is 342 g/mol. The average Bonchev–Trinajstić information content (AvgIpc) is 3.06. The normalized spacial score (nSPS) is 11.4. The van der Waals surface area contributed by atoms with E-state index in [0.29, 0.717) is 11.3 Å². The van der Waals surface area contributed by atoms with Gasteiger partial charge in [-0.05, 0) is 42.8 Å². The maximum atomic E-state index is 12.5. The zero-order chi connectivity index (χ0) is 19.2. The molecular formula is C22H21NO4. The second-order valence-corrected chi connectivity index (χ2v) is 6.00. The fourth-order valence-electron chi connectivity index (χ4n) is 2.97. The van der Waals surface area contributed by atoms with Gasteiger partial charge in [-0.25, -0.2) is 4.79 Å². The third-order valence-electron chi connectivity index (χ3n) is 4.29. The molecule has 0 fully saturated rings. The fourth-order valence-corrected chi connectivity index (χ4v) is 2.97. The molecule has 3 rings (SSSR count). The topological polar surface area (TPSA) is 57.5 Å². The zero-order valence-electron chi connectivity index (χ0n) is 15.3. The molecule has 0 atom stereocenters. The van der Waals surface area contributed by atoms with Gasteiger partial charge in [-0.1, -0.05) is 30.3 Å². The number of carbonyl (C=O) groups is 2. The number of hydrogen-bond acceptors (Lipinski definition) is 4. The van der Waals surface area contributed by atoms with Gasteiger partial charge in [-0.15, -0.1) is 0 Å². The number of rotatable bonds is 7. The van der Waals surface area contributed by atoms with Crippen molar-refractivity contribution in [2.24, 2.45) is 0 Å². The van der Waals surface area contributed by atoms with Gasteiger partial charge in [0.2, 0.25) is 0 Å². The largest absolute Gasteiger partial charge is 0.497 e. The van der Waals surface area contributed by atoms with Crippen LogP contribution in [0, 0.1) is 0 Å². The van der Waals surface area contributed by atoms with Crippen LogP contribution in [0.4, 0.5) is 0 Å². The van der Waals surface area contributed by atoms with Gasteiger partial charge in [-0.2, -0.15) is 0 Å². The van der Waals surface area contributed by atoms with Crippen molar-refractivity contribution in [1.29, 1.82) is 0 Å². The number of aromatic nitrogens is 1. The number of nitrogens with zero attached hydrogens (tertiary/aromatic N) is 1. The Labute approximate surface area is 157 Å². The molecule has 5 heteroatoms. The molecule has 27 heavy (non-hydrogen) atoms. The van der Waals surface area contributed by atoms with E-state index in [9.17, 15) is 9.59 Å². The Morgan fingerprint density at radius 3 is 2.52 bits per heavy atom. The van der Waals surface area contributed by atoms with E-state index in [-0.39, 0.29) is 13.2 Å². The minimum Gasteiger partial charge on any atom is -0.497 e. The maximum Gasteiger partial charge on any atom is 0.335 e. The summed E-state index contributed by atoms with van der Waals surface area (Å²) in [6.07, 6.45) is 2.58. The molecule has 0 aliphatic rings. The lowest BCUT2D eigenvalue weighted by Crippen LogP contribution is -2.14. The van der Waals surface area contributed by atoms with Crippen LogP contribution in [0.3, 0.4) is 0 Å². The summed E-state index contributed by atoms with van der Waals surface area (Å²) in [5.41, 5.74) is 2.72. The Morgan fingerprint density at radius 1 is 1.11 bits per heavy atom. The zero-order valence-corrected chi connectivity index (χ0v) is 15.3. The first kappa shape index (κ1) is 18.5. The van der Waals surface area contributed by atoms with E-state index in [4.69, 9.17) is 9.47 Å². The van der Waals surface area contributed by atoms with E-state index in [2.05, 4.69) is 0 Å². The highest BCUT2D eigenvalue weighted by Crippen LogP contribution is 2.22. The number of benzene rings is 2. The summed E-state index contributed by atoms with van der Waals surface area (Å²) in [6, 6.07) is 16.9. The van der Waals surface area contributed by atoms with E-state index < -0.39 is 5.97 Å². The smallest absolute Gasteiger partial charge is 0.335 e. The van der Waals surface area contributed by atoms with Crippen molar-refractivity contribution in [2.75, 3.05) is 13.7 Å². The molecule has 0 aliphatic heterocycles. The molecule has 0 spiro atoms. The molecule has 0 unspecified atom stereocenters. The minimum absolute atomic E-state index is 0.243. The van der Waals surface area contributed by atoms with E-state index in [1.54, 1.807) is 20.1 Å². The summed E-state index contributed by atoms with van der Waals surface area (Å²) in [4.78, 5) is 24.0. The summed E-state index contributed by atoms with van der Waals surface area (Å²) in [5, 5.41) is 0.951. The van der Waals surface area contributed by atoms with E-state index in [1.807, 2.05) is 59.2 Å². The Bertz CT molecular complexity index is 983. The molecule has 2 aromatic carbocycles. The lowest BCUT2D eigenvalue weighted by atomic mass is 10.1. The first-order valence-corrected chi connectivity index (χ1v) is 8.71. The van der Waals surface area contributed by atoms with Crippen molar-refractivity contribution in [1.82, 2.24) is 4.57 Å². The number of fused-ring (bicyclic) bond motifs is 1. The number of carbonyl (C=O) groups excluding carboxylic acids is 2. The first-order chi connectivity index (χ1) is 13.2. The Kier molecular flexibility index (Phi) is 5.71. The molecule has 3 aromatic rings. The molecule has 0 amide bonds. The molecule has 1 aromatic heterocycles. The van der Waals surface area contributed by atoms with Crippen LogP contribution in [0.25, 0.3) is 17.0 Å². The minimum atomic E-state index is -0.400. The molecule has 0 bridgehead atoms. The van der Waals surface area contributed by atoms with E-state index in [1.165, 1.54) is 0 Å². The highest BCUT2D eigenvalue weighted by Gasteiger charge is 2.16. The summed E-state index contributed by atoms with van der Waals surface area (Å²) in [6.45, 7) is 2.29. The van der Waals surface area contributed by atoms with Crippen LogP contribution in [-0.4, -0.2) is 30.5 Å². The summed E-state index contributed by atoms with van der Waals surface area (Å²) < 4.78 is 12.2. The average molecular weight is 363 g/mol. The van der Waals surface area contributed by atoms with Gasteiger partial charge < -0.3 is 14.0 Å². The molecule has 1 heterocycles. The molecule has 0 radical (unpaired) electrons. The van der Waals surface area contributed by atoms with Crippen LogP contribution in [0.15, 0.2) is 60.2 Å². The van der Waals surface area contributed by atoms with Crippen molar-refractivity contribution in [2.45, 2.75) is 13.5 Å². The van der Waals surface area contributed by atoms with Crippen molar-refractivity contribution < 1.29 is 19.1 Å². The second-order valence-electron chi connectivity index (χ2n) is 6.00. The van der Waals surface area contributed by atoms with Gasteiger partial charge in [-0.3, -0.25) is 4.79 Å². The molecule has 138 valence electrons. The van der Waals surface area contributed by atoms with Gasteiger partial charge >= 0.3 is 5.97 Å². The summed E-state index contributed by atoms with van der Waals surface area (Å²) in [7, 11) is 1.60. The molecule has 0 N–H and O–H groups in total. The van der Waals surface area contributed by atoms with Crippen LogP contribution in [-0.2, 0) is 16.1 Å². The number of hydrogen-bond donors (Lipinski definition) is 0. The van der Waals surface area contributed by atoms with Gasteiger partial charge in [0.25, 0.3) is 0 Å². The quantitative estimate of drug-likeness (QED) is 0.360.